The zero-order chi connectivity index (χ0) is 51.4. The Bertz CT molecular complexity index is 4290. The molecule has 0 radical (unpaired) electrons. The van der Waals surface area contributed by atoms with E-state index in [9.17, 15) is 0 Å². The van der Waals surface area contributed by atoms with Crippen molar-refractivity contribution in [3.8, 4) is 55.6 Å². The Labute approximate surface area is 444 Å². The van der Waals surface area contributed by atoms with Crippen molar-refractivity contribution in [2.45, 2.75) is 6.92 Å². The smallest absolute Gasteiger partial charge is 0.423 e. The molecule has 0 unspecified atom stereocenters. The zero-order valence-electron chi connectivity index (χ0n) is 42.2. The van der Waals surface area contributed by atoms with Gasteiger partial charge in [0.1, 0.15) is 0 Å². The van der Waals surface area contributed by atoms with Crippen LogP contribution in [0.15, 0.2) is 291 Å². The quantitative estimate of drug-likeness (QED) is 0.129. The normalized spacial score (nSPS) is 11.1. The lowest BCUT2D eigenvalue weighted by molar-refractivity contribution is 0.426. The summed E-state index contributed by atoms with van der Waals surface area (Å²) < 4.78 is 0. The van der Waals surface area contributed by atoms with Crippen LogP contribution < -0.4 is 5.46 Å². The molecule has 0 atom stereocenters. The summed E-state index contributed by atoms with van der Waals surface area (Å²) in [7, 11) is -1.39. The maximum atomic E-state index is 8.94. The second kappa shape index (κ2) is 21.2. The topological polar surface area (TPSA) is 40.5 Å². The summed E-state index contributed by atoms with van der Waals surface area (Å²) in [5, 5.41) is 33.7. The first-order valence-corrected chi connectivity index (χ1v) is 25.9. The third kappa shape index (κ3) is 9.65. The van der Waals surface area contributed by atoms with Crippen LogP contribution in [0.25, 0.3) is 120 Å². The van der Waals surface area contributed by atoms with Crippen molar-refractivity contribution in [2.24, 2.45) is 0 Å². The molecule has 14 aromatic rings. The summed E-state index contributed by atoms with van der Waals surface area (Å²) in [6.45, 7) is 2.15. The number of hydrogen-bond donors (Lipinski definition) is 2. The highest BCUT2D eigenvalue weighted by Crippen LogP contribution is 2.39. The van der Waals surface area contributed by atoms with Gasteiger partial charge >= 0.3 is 7.12 Å². The molecule has 0 saturated heterocycles. The van der Waals surface area contributed by atoms with E-state index in [1.807, 2.05) is 42.5 Å². The van der Waals surface area contributed by atoms with Gasteiger partial charge in [-0.15, -0.1) is 0 Å². The Morgan fingerprint density at radius 2 is 0.447 bits per heavy atom. The second-order valence-electron chi connectivity index (χ2n) is 19.5. The molecule has 360 valence electrons. The molecule has 0 spiro atoms. The SMILES string of the molecule is Cc1cccc(-c2ccc3c4ccccc4c4ccccc4c3c2)c1.OB(O)c1ccc(-c2ccccc2)cc1.c1ccc(-c2ccc(-c3cccc(-c4ccc5c6ccccc6c6ccccc6c5c4)c3)cc2)cc1. The maximum absolute atomic E-state index is 8.94. The van der Waals surface area contributed by atoms with Gasteiger partial charge < -0.3 is 10.0 Å². The highest BCUT2D eigenvalue weighted by molar-refractivity contribution is 6.58. The van der Waals surface area contributed by atoms with Crippen molar-refractivity contribution in [2.75, 3.05) is 0 Å². The average molecular weight is 973 g/mol. The first-order valence-electron chi connectivity index (χ1n) is 25.9. The molecule has 0 aliphatic rings. The molecule has 0 bridgehead atoms. The highest BCUT2D eigenvalue weighted by Gasteiger charge is 2.13. The number of rotatable bonds is 6. The fourth-order valence-corrected chi connectivity index (χ4v) is 10.8. The van der Waals surface area contributed by atoms with Crippen LogP contribution in [0, 0.1) is 6.92 Å². The highest BCUT2D eigenvalue weighted by atomic mass is 16.4. The fourth-order valence-electron chi connectivity index (χ4n) is 10.8. The Kier molecular flexibility index (Phi) is 13.3. The Balaban J connectivity index is 0.000000126. The van der Waals surface area contributed by atoms with E-state index in [2.05, 4.69) is 244 Å². The number of fused-ring (bicyclic) bond motifs is 12. The molecule has 14 aromatic carbocycles. The predicted octanol–water partition coefficient (Wildman–Crippen LogP) is 18.3. The maximum Gasteiger partial charge on any atom is 0.488 e. The molecular weight excluding hydrogens is 920 g/mol. The molecular formula is C73H53BO2. The number of aryl methyl sites for hydroxylation is 1. The number of hydrogen-bond acceptors (Lipinski definition) is 2. The van der Waals surface area contributed by atoms with E-state index in [0.717, 1.165) is 11.1 Å². The van der Waals surface area contributed by atoms with Gasteiger partial charge in [-0.25, -0.2) is 0 Å². The van der Waals surface area contributed by atoms with Gasteiger partial charge in [0, 0.05) is 0 Å². The minimum Gasteiger partial charge on any atom is -0.423 e. The minimum atomic E-state index is -1.39. The van der Waals surface area contributed by atoms with Crippen molar-refractivity contribution >= 4 is 77.2 Å². The second-order valence-corrected chi connectivity index (χ2v) is 19.5. The van der Waals surface area contributed by atoms with Crippen LogP contribution in [-0.2, 0) is 0 Å². The molecule has 0 amide bonds. The van der Waals surface area contributed by atoms with Crippen molar-refractivity contribution in [1.29, 1.82) is 0 Å². The van der Waals surface area contributed by atoms with E-state index in [-0.39, 0.29) is 0 Å². The lowest BCUT2D eigenvalue weighted by Crippen LogP contribution is -2.29. The van der Waals surface area contributed by atoms with Gasteiger partial charge in [-0.1, -0.05) is 279 Å². The predicted molar refractivity (Wildman–Crippen MR) is 326 cm³/mol. The summed E-state index contributed by atoms with van der Waals surface area (Å²) in [5.41, 5.74) is 14.0. The number of benzene rings is 14. The minimum absolute atomic E-state index is 0.509. The summed E-state index contributed by atoms with van der Waals surface area (Å²) >= 11 is 0. The van der Waals surface area contributed by atoms with Gasteiger partial charge in [0.15, 0.2) is 0 Å². The van der Waals surface area contributed by atoms with Crippen molar-refractivity contribution in [3.63, 3.8) is 0 Å². The molecule has 0 saturated carbocycles. The van der Waals surface area contributed by atoms with E-state index in [1.165, 1.54) is 115 Å². The van der Waals surface area contributed by atoms with Gasteiger partial charge in [0.2, 0.25) is 0 Å². The summed E-state index contributed by atoms with van der Waals surface area (Å²) in [6, 6.07) is 103. The zero-order valence-corrected chi connectivity index (χ0v) is 42.2. The Morgan fingerprint density at radius 1 is 0.197 bits per heavy atom. The van der Waals surface area contributed by atoms with Gasteiger partial charge in [-0.2, -0.15) is 0 Å². The van der Waals surface area contributed by atoms with Crippen LogP contribution in [0.5, 0.6) is 0 Å². The third-order valence-electron chi connectivity index (χ3n) is 14.7. The molecule has 0 aliphatic heterocycles. The first-order chi connectivity index (χ1) is 37.4. The van der Waals surface area contributed by atoms with Crippen LogP contribution in [0.2, 0.25) is 0 Å². The molecule has 3 heteroatoms. The lowest BCUT2D eigenvalue weighted by Gasteiger charge is -2.12. The van der Waals surface area contributed by atoms with Crippen molar-refractivity contribution in [3.05, 3.63) is 297 Å². The van der Waals surface area contributed by atoms with Crippen LogP contribution in [0.4, 0.5) is 0 Å². The van der Waals surface area contributed by atoms with Crippen molar-refractivity contribution < 1.29 is 10.0 Å². The summed E-state index contributed by atoms with van der Waals surface area (Å²) in [5.74, 6) is 0. The lowest BCUT2D eigenvalue weighted by atomic mass is 9.80. The van der Waals surface area contributed by atoms with Crippen LogP contribution >= 0.6 is 0 Å². The van der Waals surface area contributed by atoms with E-state index >= 15 is 0 Å². The molecule has 14 rings (SSSR count). The van der Waals surface area contributed by atoms with Gasteiger partial charge in [-0.05, 0) is 151 Å². The summed E-state index contributed by atoms with van der Waals surface area (Å²) in [6.07, 6.45) is 0. The fraction of sp³-hybridized carbons (Fsp3) is 0.0137. The molecule has 0 heterocycles. The van der Waals surface area contributed by atoms with Crippen LogP contribution in [0.3, 0.4) is 0 Å². The monoisotopic (exact) mass is 972 g/mol. The Hall–Kier alpha value is -9.38. The van der Waals surface area contributed by atoms with Gasteiger partial charge in [0.25, 0.3) is 0 Å². The van der Waals surface area contributed by atoms with E-state index < -0.39 is 7.12 Å². The molecule has 2 nitrogen and oxygen atoms in total. The van der Waals surface area contributed by atoms with E-state index in [0.29, 0.717) is 5.46 Å². The van der Waals surface area contributed by atoms with Gasteiger partial charge in [0.05, 0.1) is 0 Å². The summed E-state index contributed by atoms with van der Waals surface area (Å²) in [4.78, 5) is 0. The van der Waals surface area contributed by atoms with E-state index in [1.54, 1.807) is 12.1 Å². The van der Waals surface area contributed by atoms with Crippen LogP contribution in [-0.4, -0.2) is 17.2 Å². The van der Waals surface area contributed by atoms with Crippen molar-refractivity contribution in [1.82, 2.24) is 0 Å². The largest absolute Gasteiger partial charge is 0.488 e. The standard InChI is InChI=1S/C36H24.C25H18.C12H11BO2/c1-2-9-25(10-3-1)26-17-19-27(20-18-26)28-11-8-12-29(23-28)30-21-22-35-33-15-5-4-13-31(33)32-14-6-7-16-34(32)36(35)24-30;1-17-7-6-8-18(15-17)19-13-14-24-22-11-3-2-9-20(22)21-10-4-5-12-23(21)25(24)16-19;14-13(15)12-8-6-11(7-9-12)10-4-2-1-3-5-10/h1-24H;2-16H,1H3;1-9,14-15H. The van der Waals surface area contributed by atoms with Gasteiger partial charge in [-0.3, -0.25) is 0 Å². The third-order valence-corrected chi connectivity index (χ3v) is 14.7. The molecule has 0 aromatic heterocycles. The molecule has 76 heavy (non-hydrogen) atoms. The molecule has 0 aliphatic carbocycles. The molecule has 0 fully saturated rings. The first kappa shape index (κ1) is 47.6. The van der Waals surface area contributed by atoms with E-state index in [4.69, 9.17) is 10.0 Å². The molecule has 2 N–H and O–H groups in total. The van der Waals surface area contributed by atoms with Crippen LogP contribution in [0.1, 0.15) is 5.56 Å². The Morgan fingerprint density at radius 3 is 0.829 bits per heavy atom. The average Bonchev–Trinajstić information content (AvgIpc) is 3.51.